The van der Waals surface area contributed by atoms with Gasteiger partial charge in [-0.15, -0.1) is 0 Å². The summed E-state index contributed by atoms with van der Waals surface area (Å²) in [5.74, 6) is 0.327. The maximum atomic E-state index is 13.1. The third-order valence-electron chi connectivity index (χ3n) is 3.31. The molecule has 0 bridgehead atoms. The molecule has 100 valence electrons. The van der Waals surface area contributed by atoms with Crippen LogP contribution in [-0.2, 0) is 0 Å². The van der Waals surface area contributed by atoms with Gasteiger partial charge in [-0.3, -0.25) is 0 Å². The van der Waals surface area contributed by atoms with E-state index in [0.717, 1.165) is 5.69 Å². The molecule has 1 N–H and O–H groups in total. The van der Waals surface area contributed by atoms with Gasteiger partial charge in [0.25, 0.3) is 0 Å². The zero-order valence-electron chi connectivity index (χ0n) is 11.7. The molecule has 2 aromatic rings. The Hall–Kier alpha value is -1.83. The Bertz CT molecular complexity index is 531. The molecule has 1 atom stereocenters. The molecule has 2 heteroatoms. The van der Waals surface area contributed by atoms with Gasteiger partial charge in [-0.2, -0.15) is 0 Å². The number of benzene rings is 2. The van der Waals surface area contributed by atoms with E-state index in [2.05, 4.69) is 50.4 Å². The normalized spacial score (nSPS) is 12.5. The van der Waals surface area contributed by atoms with Crippen LogP contribution >= 0.6 is 0 Å². The Kier molecular flexibility index (Phi) is 4.20. The van der Waals surface area contributed by atoms with Gasteiger partial charge in [0.05, 0.1) is 0 Å². The van der Waals surface area contributed by atoms with Crippen molar-refractivity contribution < 1.29 is 4.39 Å². The average molecular weight is 257 g/mol. The second-order valence-corrected chi connectivity index (χ2v) is 5.20. The number of hydrogen-bond acceptors (Lipinski definition) is 1. The standard InChI is InChI=1S/C17H20FN/c1-12(2)14-7-9-15(10-8-14)13(3)19-17-6-4-5-16(18)11-17/h4-13,19H,1-3H3. The van der Waals surface area contributed by atoms with Crippen molar-refractivity contribution in [3.8, 4) is 0 Å². The molecule has 0 amide bonds. The van der Waals surface area contributed by atoms with Crippen molar-refractivity contribution in [3.63, 3.8) is 0 Å². The monoisotopic (exact) mass is 257 g/mol. The fourth-order valence-corrected chi connectivity index (χ4v) is 2.08. The van der Waals surface area contributed by atoms with Gasteiger partial charge in [0.1, 0.15) is 5.82 Å². The highest BCUT2D eigenvalue weighted by molar-refractivity contribution is 5.45. The lowest BCUT2D eigenvalue weighted by Gasteiger charge is -2.16. The van der Waals surface area contributed by atoms with E-state index in [1.54, 1.807) is 6.07 Å². The SMILES string of the molecule is CC(C)c1ccc(C(C)Nc2cccc(F)c2)cc1. The maximum Gasteiger partial charge on any atom is 0.125 e. The maximum absolute atomic E-state index is 13.1. The highest BCUT2D eigenvalue weighted by atomic mass is 19.1. The van der Waals surface area contributed by atoms with E-state index in [4.69, 9.17) is 0 Å². The Morgan fingerprint density at radius 3 is 2.11 bits per heavy atom. The van der Waals surface area contributed by atoms with Gasteiger partial charge in [0.2, 0.25) is 0 Å². The lowest BCUT2D eigenvalue weighted by Crippen LogP contribution is -2.06. The first kappa shape index (κ1) is 13.6. The summed E-state index contributed by atoms with van der Waals surface area (Å²) in [6.07, 6.45) is 0. The van der Waals surface area contributed by atoms with Crippen LogP contribution in [0.4, 0.5) is 10.1 Å². The highest BCUT2D eigenvalue weighted by Gasteiger charge is 2.06. The number of hydrogen-bond donors (Lipinski definition) is 1. The Labute approximate surface area is 114 Å². The Morgan fingerprint density at radius 2 is 1.53 bits per heavy atom. The van der Waals surface area contributed by atoms with Crippen molar-refractivity contribution in [1.82, 2.24) is 0 Å². The molecule has 1 nitrogen and oxygen atoms in total. The minimum Gasteiger partial charge on any atom is -0.378 e. The van der Waals surface area contributed by atoms with Crippen molar-refractivity contribution in [2.75, 3.05) is 5.32 Å². The molecule has 0 aliphatic carbocycles. The van der Waals surface area contributed by atoms with Crippen molar-refractivity contribution in [3.05, 3.63) is 65.5 Å². The quantitative estimate of drug-likeness (QED) is 0.801. The molecule has 1 unspecified atom stereocenters. The van der Waals surface area contributed by atoms with Gasteiger partial charge in [-0.05, 0) is 42.2 Å². The van der Waals surface area contributed by atoms with Gasteiger partial charge in [-0.1, -0.05) is 44.2 Å². The van der Waals surface area contributed by atoms with E-state index in [1.165, 1.54) is 23.3 Å². The van der Waals surface area contributed by atoms with Crippen LogP contribution in [0.3, 0.4) is 0 Å². The third-order valence-corrected chi connectivity index (χ3v) is 3.31. The van der Waals surface area contributed by atoms with Crippen molar-refractivity contribution in [2.24, 2.45) is 0 Å². The number of anilines is 1. The molecule has 0 saturated heterocycles. The van der Waals surface area contributed by atoms with Gasteiger partial charge < -0.3 is 5.32 Å². The van der Waals surface area contributed by atoms with E-state index >= 15 is 0 Å². The van der Waals surface area contributed by atoms with Crippen LogP contribution in [0.5, 0.6) is 0 Å². The summed E-state index contributed by atoms with van der Waals surface area (Å²) in [5, 5.41) is 3.31. The van der Waals surface area contributed by atoms with Crippen LogP contribution < -0.4 is 5.32 Å². The fourth-order valence-electron chi connectivity index (χ4n) is 2.08. The van der Waals surface area contributed by atoms with E-state index in [-0.39, 0.29) is 11.9 Å². The second kappa shape index (κ2) is 5.87. The Balaban J connectivity index is 2.09. The second-order valence-electron chi connectivity index (χ2n) is 5.20. The first-order chi connectivity index (χ1) is 9.06. The molecule has 0 aliphatic rings. The largest absolute Gasteiger partial charge is 0.378 e. The molecule has 0 saturated carbocycles. The zero-order valence-corrected chi connectivity index (χ0v) is 11.7. The summed E-state index contributed by atoms with van der Waals surface area (Å²) in [7, 11) is 0. The van der Waals surface area contributed by atoms with Gasteiger partial charge >= 0.3 is 0 Å². The lowest BCUT2D eigenvalue weighted by molar-refractivity contribution is 0.628. The van der Waals surface area contributed by atoms with Gasteiger partial charge in [0, 0.05) is 11.7 Å². The molecule has 2 aromatic carbocycles. The van der Waals surface area contributed by atoms with Crippen LogP contribution in [0.1, 0.15) is 43.9 Å². The summed E-state index contributed by atoms with van der Waals surface area (Å²) in [5.41, 5.74) is 3.34. The summed E-state index contributed by atoms with van der Waals surface area (Å²) >= 11 is 0. The topological polar surface area (TPSA) is 12.0 Å². The molecule has 19 heavy (non-hydrogen) atoms. The molecule has 0 fully saturated rings. The molecule has 0 aromatic heterocycles. The smallest absolute Gasteiger partial charge is 0.125 e. The summed E-state index contributed by atoms with van der Waals surface area (Å²) in [6.45, 7) is 6.45. The Morgan fingerprint density at radius 1 is 0.895 bits per heavy atom. The minimum absolute atomic E-state index is 0.156. The van der Waals surface area contributed by atoms with E-state index in [9.17, 15) is 4.39 Å². The summed E-state index contributed by atoms with van der Waals surface area (Å²) in [6, 6.07) is 15.3. The predicted molar refractivity (Wildman–Crippen MR) is 79.0 cm³/mol. The summed E-state index contributed by atoms with van der Waals surface area (Å²) < 4.78 is 13.1. The third kappa shape index (κ3) is 3.57. The van der Waals surface area contributed by atoms with Crippen LogP contribution in [0.2, 0.25) is 0 Å². The zero-order chi connectivity index (χ0) is 13.8. The van der Waals surface area contributed by atoms with Crippen LogP contribution in [-0.4, -0.2) is 0 Å². The predicted octanol–water partition coefficient (Wildman–Crippen LogP) is 5.12. The van der Waals surface area contributed by atoms with E-state index < -0.39 is 0 Å². The lowest BCUT2D eigenvalue weighted by atomic mass is 9.99. The number of halogens is 1. The first-order valence-corrected chi connectivity index (χ1v) is 6.68. The number of rotatable bonds is 4. The molecular formula is C17H20FN. The molecule has 0 aliphatic heterocycles. The van der Waals surface area contributed by atoms with Crippen LogP contribution in [0.25, 0.3) is 0 Å². The van der Waals surface area contributed by atoms with Crippen LogP contribution in [0.15, 0.2) is 48.5 Å². The van der Waals surface area contributed by atoms with Crippen molar-refractivity contribution >= 4 is 5.69 Å². The fraction of sp³-hybridized carbons (Fsp3) is 0.294. The van der Waals surface area contributed by atoms with E-state index in [0.29, 0.717) is 5.92 Å². The number of nitrogens with one attached hydrogen (secondary N) is 1. The molecule has 0 radical (unpaired) electrons. The minimum atomic E-state index is -0.215. The highest BCUT2D eigenvalue weighted by Crippen LogP contribution is 2.22. The van der Waals surface area contributed by atoms with E-state index in [1.807, 2.05) is 6.07 Å². The molecule has 0 heterocycles. The summed E-state index contributed by atoms with van der Waals surface area (Å²) in [4.78, 5) is 0. The molecule has 0 spiro atoms. The molecular weight excluding hydrogens is 237 g/mol. The first-order valence-electron chi connectivity index (χ1n) is 6.68. The van der Waals surface area contributed by atoms with Crippen molar-refractivity contribution in [2.45, 2.75) is 32.7 Å². The van der Waals surface area contributed by atoms with Gasteiger partial charge in [0.15, 0.2) is 0 Å². The van der Waals surface area contributed by atoms with Gasteiger partial charge in [-0.25, -0.2) is 4.39 Å². The van der Waals surface area contributed by atoms with Crippen molar-refractivity contribution in [1.29, 1.82) is 0 Å². The van der Waals surface area contributed by atoms with Crippen LogP contribution in [0, 0.1) is 5.82 Å². The molecule has 2 rings (SSSR count). The average Bonchev–Trinajstić information content (AvgIpc) is 2.39.